The molecule has 11 heavy (non-hydrogen) atoms. The van der Waals surface area contributed by atoms with E-state index in [2.05, 4.69) is 22.4 Å². The molecule has 1 aliphatic rings. The van der Waals surface area contributed by atoms with Crippen LogP contribution in [0.15, 0.2) is 28.6 Å². The van der Waals surface area contributed by atoms with Crippen LogP contribution in [0.4, 0.5) is 0 Å². The fourth-order valence-corrected chi connectivity index (χ4v) is 0.831. The summed E-state index contributed by atoms with van der Waals surface area (Å²) in [7, 11) is 1.78. The predicted octanol–water partition coefficient (Wildman–Crippen LogP) is 0.212. The second-order valence-electron chi connectivity index (χ2n) is 2.07. The first-order valence-electron chi connectivity index (χ1n) is 3.20. The van der Waals surface area contributed by atoms with Crippen LogP contribution in [0.1, 0.15) is 0 Å². The van der Waals surface area contributed by atoms with Gasteiger partial charge >= 0.3 is 0 Å². The molecule has 3 N–H and O–H groups in total. The molecule has 0 aliphatic carbocycles. The molecule has 0 fully saturated rings. The van der Waals surface area contributed by atoms with Crippen molar-refractivity contribution in [2.45, 2.75) is 0 Å². The van der Waals surface area contributed by atoms with Gasteiger partial charge in [-0.1, -0.05) is 6.58 Å². The summed E-state index contributed by atoms with van der Waals surface area (Å²) >= 11 is 0. The molecule has 0 atom stereocenters. The van der Waals surface area contributed by atoms with Gasteiger partial charge in [0.05, 0.1) is 17.6 Å². The van der Waals surface area contributed by atoms with Gasteiger partial charge in [0.15, 0.2) is 0 Å². The van der Waals surface area contributed by atoms with Crippen LogP contribution in [0.2, 0.25) is 0 Å². The van der Waals surface area contributed by atoms with Gasteiger partial charge in [0, 0.05) is 18.8 Å². The van der Waals surface area contributed by atoms with Gasteiger partial charge in [-0.25, -0.2) is 0 Å². The lowest BCUT2D eigenvalue weighted by molar-refractivity contribution is 0.883. The van der Waals surface area contributed by atoms with E-state index >= 15 is 0 Å². The minimum atomic E-state index is 0.645. The molecule has 1 rings (SSSR count). The molecule has 0 saturated heterocycles. The van der Waals surface area contributed by atoms with E-state index in [-0.39, 0.29) is 0 Å². The average Bonchev–Trinajstić information content (AvgIpc) is 2.04. The minimum absolute atomic E-state index is 0.645. The summed E-state index contributed by atoms with van der Waals surface area (Å²) in [5.74, 6) is 0. The zero-order chi connectivity index (χ0) is 8.27. The molecule has 1 aliphatic heterocycles. The van der Waals surface area contributed by atoms with Crippen LogP contribution in [-0.2, 0) is 0 Å². The van der Waals surface area contributed by atoms with E-state index in [9.17, 15) is 0 Å². The first-order chi connectivity index (χ1) is 5.29. The van der Waals surface area contributed by atoms with Crippen LogP contribution >= 0.6 is 0 Å². The minimum Gasteiger partial charge on any atom is -0.386 e. The standard InChI is InChI=1S/C7H10N4/c1-5-6(3-8)7(9-2)4-10-11-5/h3-4,8-9,11H,1H2,2H3. The number of hydrazone groups is 1. The lowest BCUT2D eigenvalue weighted by atomic mass is 10.1. The van der Waals surface area contributed by atoms with Gasteiger partial charge in [-0.05, 0) is 0 Å². The molecule has 0 bridgehead atoms. The molecule has 0 unspecified atom stereocenters. The van der Waals surface area contributed by atoms with Crippen LogP contribution in [0.25, 0.3) is 0 Å². The molecule has 0 spiro atoms. The maximum atomic E-state index is 7.08. The van der Waals surface area contributed by atoms with E-state index in [0.717, 1.165) is 11.3 Å². The summed E-state index contributed by atoms with van der Waals surface area (Å²) < 4.78 is 0. The highest BCUT2D eigenvalue weighted by molar-refractivity contribution is 5.94. The summed E-state index contributed by atoms with van der Waals surface area (Å²) in [4.78, 5) is 0. The Bertz CT molecular complexity index is 249. The summed E-state index contributed by atoms with van der Waals surface area (Å²) in [6.07, 6.45) is 2.86. The first kappa shape index (κ1) is 7.53. The maximum absolute atomic E-state index is 7.08. The number of nitrogens with zero attached hydrogens (tertiary/aromatic N) is 1. The molecule has 0 amide bonds. The van der Waals surface area contributed by atoms with Crippen molar-refractivity contribution in [2.75, 3.05) is 7.05 Å². The van der Waals surface area contributed by atoms with Crippen LogP contribution in [0, 0.1) is 5.41 Å². The first-order valence-corrected chi connectivity index (χ1v) is 3.20. The van der Waals surface area contributed by atoms with Gasteiger partial charge < -0.3 is 10.7 Å². The highest BCUT2D eigenvalue weighted by atomic mass is 15.3. The highest BCUT2D eigenvalue weighted by Gasteiger charge is 2.08. The van der Waals surface area contributed by atoms with Crippen molar-refractivity contribution in [3.8, 4) is 0 Å². The molecule has 1 heterocycles. The Kier molecular flexibility index (Phi) is 2.06. The Hall–Kier alpha value is -1.58. The van der Waals surface area contributed by atoms with Gasteiger partial charge in [-0.2, -0.15) is 5.10 Å². The number of nitrogens with one attached hydrogen (secondary N) is 3. The van der Waals surface area contributed by atoms with Gasteiger partial charge in [0.2, 0.25) is 0 Å². The van der Waals surface area contributed by atoms with Gasteiger partial charge in [0.25, 0.3) is 0 Å². The van der Waals surface area contributed by atoms with E-state index < -0.39 is 0 Å². The highest BCUT2D eigenvalue weighted by Crippen LogP contribution is 2.08. The van der Waals surface area contributed by atoms with Crippen molar-refractivity contribution in [2.24, 2.45) is 5.10 Å². The van der Waals surface area contributed by atoms with Crippen molar-refractivity contribution in [1.29, 1.82) is 5.41 Å². The van der Waals surface area contributed by atoms with Crippen LogP contribution in [0.3, 0.4) is 0 Å². The van der Waals surface area contributed by atoms with Crippen molar-refractivity contribution >= 4 is 12.4 Å². The fourth-order valence-electron chi connectivity index (χ4n) is 0.831. The number of hydrogen-bond donors (Lipinski definition) is 3. The van der Waals surface area contributed by atoms with Gasteiger partial charge in [-0.15, -0.1) is 0 Å². The third-order valence-electron chi connectivity index (χ3n) is 1.42. The SMILES string of the molecule is C=C1NN=CC(NC)=C1C=N. The molecule has 0 aromatic heterocycles. The van der Waals surface area contributed by atoms with E-state index in [1.807, 2.05) is 0 Å². The third kappa shape index (κ3) is 1.29. The Morgan fingerprint density at radius 2 is 2.55 bits per heavy atom. The number of rotatable bonds is 2. The van der Waals surface area contributed by atoms with E-state index in [0.29, 0.717) is 5.70 Å². The molecule has 4 heteroatoms. The summed E-state index contributed by atoms with van der Waals surface area (Å²) in [6, 6.07) is 0. The second-order valence-corrected chi connectivity index (χ2v) is 2.07. The molecule has 58 valence electrons. The molecular weight excluding hydrogens is 140 g/mol. The molecule has 0 radical (unpaired) electrons. The number of hydrogen-bond acceptors (Lipinski definition) is 4. The van der Waals surface area contributed by atoms with Crippen LogP contribution in [-0.4, -0.2) is 19.5 Å². The topological polar surface area (TPSA) is 60.3 Å². The van der Waals surface area contributed by atoms with E-state index in [1.165, 1.54) is 6.21 Å². The normalized spacial score (nSPS) is 16.3. The molecular formula is C7H10N4. The summed E-state index contributed by atoms with van der Waals surface area (Å²) in [5, 5.41) is 13.8. The van der Waals surface area contributed by atoms with Gasteiger partial charge in [-0.3, -0.25) is 5.43 Å². The third-order valence-corrected chi connectivity index (χ3v) is 1.42. The number of allylic oxidation sites excluding steroid dienone is 2. The van der Waals surface area contributed by atoms with Crippen molar-refractivity contribution in [3.63, 3.8) is 0 Å². The molecule has 0 saturated carbocycles. The largest absolute Gasteiger partial charge is 0.386 e. The van der Waals surface area contributed by atoms with Crippen molar-refractivity contribution in [3.05, 3.63) is 23.5 Å². The quantitative estimate of drug-likeness (QED) is 0.493. The van der Waals surface area contributed by atoms with Crippen molar-refractivity contribution in [1.82, 2.24) is 10.7 Å². The van der Waals surface area contributed by atoms with Crippen molar-refractivity contribution < 1.29 is 0 Å². The molecule has 0 aromatic rings. The maximum Gasteiger partial charge on any atom is 0.0711 e. The van der Waals surface area contributed by atoms with Crippen LogP contribution in [0.5, 0.6) is 0 Å². The Balaban J connectivity index is 3.04. The van der Waals surface area contributed by atoms with Crippen LogP contribution < -0.4 is 10.7 Å². The van der Waals surface area contributed by atoms with Gasteiger partial charge in [0.1, 0.15) is 0 Å². The molecule has 0 aromatic carbocycles. The Labute approximate surface area is 65.2 Å². The predicted molar refractivity (Wildman–Crippen MR) is 45.6 cm³/mol. The Morgan fingerprint density at radius 1 is 1.82 bits per heavy atom. The van der Waals surface area contributed by atoms with E-state index in [1.54, 1.807) is 13.3 Å². The lowest BCUT2D eigenvalue weighted by Crippen LogP contribution is -2.21. The summed E-state index contributed by atoms with van der Waals surface area (Å²) in [6.45, 7) is 3.69. The fraction of sp³-hybridized carbons (Fsp3) is 0.143. The smallest absolute Gasteiger partial charge is 0.0711 e. The second kappa shape index (κ2) is 3.01. The average molecular weight is 150 g/mol. The monoisotopic (exact) mass is 150 g/mol. The zero-order valence-corrected chi connectivity index (χ0v) is 6.31. The zero-order valence-electron chi connectivity index (χ0n) is 6.31. The lowest BCUT2D eigenvalue weighted by Gasteiger charge is -2.14. The van der Waals surface area contributed by atoms with E-state index in [4.69, 9.17) is 5.41 Å². The molecule has 4 nitrogen and oxygen atoms in total. The Morgan fingerprint density at radius 3 is 3.00 bits per heavy atom. The summed E-state index contributed by atoms with van der Waals surface area (Å²) in [5.41, 5.74) is 4.87.